The van der Waals surface area contributed by atoms with E-state index >= 15 is 0 Å². The van der Waals surface area contributed by atoms with Gasteiger partial charge in [0.05, 0.1) is 6.10 Å². The van der Waals surface area contributed by atoms with E-state index in [-0.39, 0.29) is 11.9 Å². The van der Waals surface area contributed by atoms with Gasteiger partial charge in [-0.25, -0.2) is 0 Å². The fourth-order valence-corrected chi connectivity index (χ4v) is 3.67. The van der Waals surface area contributed by atoms with Crippen LogP contribution in [0.1, 0.15) is 42.5 Å². The zero-order chi connectivity index (χ0) is 16.9. The lowest BCUT2D eigenvalue weighted by molar-refractivity contribution is -0.124. The highest BCUT2D eigenvalue weighted by atomic mass is 16.3. The molecule has 1 amide bonds. The molecule has 1 saturated heterocycles. The minimum atomic E-state index is -0.527. The maximum Gasteiger partial charge on any atom is 0.239 e. The Morgan fingerprint density at radius 1 is 1.08 bits per heavy atom. The first-order valence-electron chi connectivity index (χ1n) is 8.50. The Kier molecular flexibility index (Phi) is 5.28. The molecule has 0 spiro atoms. The topological polar surface area (TPSA) is 66.6 Å². The Morgan fingerprint density at radius 3 is 2.25 bits per heavy atom. The molecule has 0 aliphatic carbocycles. The van der Waals surface area contributed by atoms with Crippen LogP contribution in [0.4, 0.5) is 0 Å². The number of hydrogen-bond acceptors (Lipinski definition) is 3. The summed E-state index contributed by atoms with van der Waals surface area (Å²) in [6.45, 7) is 0.828. The Bertz CT molecular complexity index is 660. The average Bonchev–Trinajstić information content (AvgIpc) is 3.04. The van der Waals surface area contributed by atoms with Crippen molar-refractivity contribution in [3.05, 3.63) is 71.8 Å². The van der Waals surface area contributed by atoms with E-state index in [1.165, 1.54) is 0 Å². The van der Waals surface area contributed by atoms with Crippen LogP contribution in [-0.2, 0) is 4.79 Å². The number of hydrogen-bond donors (Lipinski definition) is 2. The molecule has 3 N–H and O–H groups in total. The lowest BCUT2D eigenvalue weighted by atomic mass is 9.98. The van der Waals surface area contributed by atoms with Gasteiger partial charge in [-0.3, -0.25) is 9.69 Å². The van der Waals surface area contributed by atoms with Crippen molar-refractivity contribution in [1.29, 1.82) is 0 Å². The standard InChI is InChI=1S/C20H24N2O2/c21-20(24)19(16-10-5-2-6-11-16)22-13-7-12-17(22)14-18(23)15-8-3-1-4-9-15/h1-6,8-11,17-19,23H,7,12-14H2,(H2,21,24)/t17-,18+,19-/m0/s1. The monoisotopic (exact) mass is 324 g/mol. The van der Waals surface area contributed by atoms with E-state index in [1.54, 1.807) is 0 Å². The second-order valence-corrected chi connectivity index (χ2v) is 6.41. The van der Waals surface area contributed by atoms with Gasteiger partial charge in [-0.05, 0) is 36.9 Å². The van der Waals surface area contributed by atoms with Crippen molar-refractivity contribution in [1.82, 2.24) is 4.90 Å². The SMILES string of the molecule is NC(=O)[C@H](c1ccccc1)N1CCC[C@H]1C[C@@H](O)c1ccccc1. The molecule has 1 aliphatic heterocycles. The van der Waals surface area contributed by atoms with Gasteiger partial charge in [0.25, 0.3) is 0 Å². The number of aliphatic hydroxyl groups is 1. The van der Waals surface area contributed by atoms with Gasteiger partial charge in [0.1, 0.15) is 6.04 Å². The lowest BCUT2D eigenvalue weighted by Crippen LogP contribution is -2.41. The summed E-state index contributed by atoms with van der Waals surface area (Å²) in [5, 5.41) is 10.5. The first-order valence-corrected chi connectivity index (χ1v) is 8.50. The molecule has 4 nitrogen and oxygen atoms in total. The number of carbonyl (C=O) groups excluding carboxylic acids is 1. The van der Waals surface area contributed by atoms with Crippen LogP contribution in [0.2, 0.25) is 0 Å². The van der Waals surface area contributed by atoms with Crippen molar-refractivity contribution >= 4 is 5.91 Å². The van der Waals surface area contributed by atoms with Gasteiger partial charge in [0, 0.05) is 6.04 Å². The number of rotatable bonds is 6. The summed E-state index contributed by atoms with van der Waals surface area (Å²) >= 11 is 0. The Balaban J connectivity index is 1.77. The van der Waals surface area contributed by atoms with Crippen LogP contribution in [0.3, 0.4) is 0 Å². The van der Waals surface area contributed by atoms with E-state index < -0.39 is 12.1 Å². The maximum atomic E-state index is 12.1. The van der Waals surface area contributed by atoms with Crippen LogP contribution in [0, 0.1) is 0 Å². The van der Waals surface area contributed by atoms with E-state index in [9.17, 15) is 9.90 Å². The molecule has 2 aromatic carbocycles. The first kappa shape index (κ1) is 16.7. The first-order chi connectivity index (χ1) is 11.7. The number of likely N-dealkylation sites (tertiary alicyclic amines) is 1. The number of nitrogens with two attached hydrogens (primary N) is 1. The van der Waals surface area contributed by atoms with Gasteiger partial charge < -0.3 is 10.8 Å². The molecular formula is C20H24N2O2. The van der Waals surface area contributed by atoms with Gasteiger partial charge in [-0.15, -0.1) is 0 Å². The van der Waals surface area contributed by atoms with Crippen molar-refractivity contribution < 1.29 is 9.90 Å². The van der Waals surface area contributed by atoms with E-state index in [2.05, 4.69) is 4.90 Å². The molecule has 0 unspecified atom stereocenters. The van der Waals surface area contributed by atoms with Crippen molar-refractivity contribution in [2.45, 2.75) is 37.5 Å². The third kappa shape index (κ3) is 3.66. The molecule has 1 aliphatic rings. The van der Waals surface area contributed by atoms with E-state index in [4.69, 9.17) is 5.73 Å². The van der Waals surface area contributed by atoms with Crippen LogP contribution in [-0.4, -0.2) is 28.5 Å². The smallest absolute Gasteiger partial charge is 0.239 e. The number of primary amides is 1. The molecule has 3 rings (SSSR count). The van der Waals surface area contributed by atoms with Gasteiger partial charge in [-0.2, -0.15) is 0 Å². The second kappa shape index (κ2) is 7.60. The van der Waals surface area contributed by atoms with E-state index in [0.717, 1.165) is 30.5 Å². The fraction of sp³-hybridized carbons (Fsp3) is 0.350. The Morgan fingerprint density at radius 2 is 1.67 bits per heavy atom. The maximum absolute atomic E-state index is 12.1. The highest BCUT2D eigenvalue weighted by Crippen LogP contribution is 2.34. The summed E-state index contributed by atoms with van der Waals surface area (Å²) < 4.78 is 0. The van der Waals surface area contributed by atoms with Crippen molar-refractivity contribution in [3.63, 3.8) is 0 Å². The summed E-state index contributed by atoms with van der Waals surface area (Å²) in [5.74, 6) is -0.331. The predicted molar refractivity (Wildman–Crippen MR) is 94.1 cm³/mol. The largest absolute Gasteiger partial charge is 0.388 e. The molecular weight excluding hydrogens is 300 g/mol. The highest BCUT2D eigenvalue weighted by Gasteiger charge is 2.35. The minimum absolute atomic E-state index is 0.151. The zero-order valence-corrected chi connectivity index (χ0v) is 13.7. The van der Waals surface area contributed by atoms with Crippen LogP contribution >= 0.6 is 0 Å². The summed E-state index contributed by atoms with van der Waals surface area (Å²) in [5.41, 5.74) is 7.55. The number of nitrogens with zero attached hydrogens (tertiary/aromatic N) is 1. The lowest BCUT2D eigenvalue weighted by Gasteiger charge is -2.32. The van der Waals surface area contributed by atoms with Gasteiger partial charge in [0.2, 0.25) is 5.91 Å². The van der Waals surface area contributed by atoms with Gasteiger partial charge in [-0.1, -0.05) is 60.7 Å². The second-order valence-electron chi connectivity index (χ2n) is 6.41. The molecule has 126 valence electrons. The molecule has 2 aromatic rings. The molecule has 0 saturated carbocycles. The van der Waals surface area contributed by atoms with Crippen LogP contribution in [0.5, 0.6) is 0 Å². The summed E-state index contributed by atoms with van der Waals surface area (Å²) in [4.78, 5) is 14.3. The number of aliphatic hydroxyl groups excluding tert-OH is 1. The van der Waals surface area contributed by atoms with Crippen LogP contribution in [0.25, 0.3) is 0 Å². The fourth-order valence-electron chi connectivity index (χ4n) is 3.67. The minimum Gasteiger partial charge on any atom is -0.388 e. The average molecular weight is 324 g/mol. The van der Waals surface area contributed by atoms with Crippen LogP contribution < -0.4 is 5.73 Å². The summed E-state index contributed by atoms with van der Waals surface area (Å²) in [7, 11) is 0. The summed E-state index contributed by atoms with van der Waals surface area (Å²) in [6.07, 6.45) is 2.07. The third-order valence-corrected chi connectivity index (χ3v) is 4.82. The molecule has 4 heteroatoms. The number of amides is 1. The van der Waals surface area contributed by atoms with Gasteiger partial charge in [0.15, 0.2) is 0 Å². The highest BCUT2D eigenvalue weighted by molar-refractivity contribution is 5.81. The van der Waals surface area contributed by atoms with E-state index in [0.29, 0.717) is 6.42 Å². The third-order valence-electron chi connectivity index (χ3n) is 4.82. The quantitative estimate of drug-likeness (QED) is 0.858. The summed E-state index contributed by atoms with van der Waals surface area (Å²) in [6, 6.07) is 19.1. The molecule has 1 fully saturated rings. The number of benzene rings is 2. The Hall–Kier alpha value is -2.17. The number of carbonyl (C=O) groups is 1. The predicted octanol–water partition coefficient (Wildman–Crippen LogP) is 2.80. The molecule has 0 bridgehead atoms. The molecule has 3 atom stereocenters. The van der Waals surface area contributed by atoms with Crippen molar-refractivity contribution in [2.24, 2.45) is 5.73 Å². The molecule has 1 heterocycles. The molecule has 0 aromatic heterocycles. The molecule has 0 radical (unpaired) electrons. The van der Waals surface area contributed by atoms with Crippen molar-refractivity contribution in [3.8, 4) is 0 Å². The zero-order valence-electron chi connectivity index (χ0n) is 13.7. The Labute approximate surface area is 142 Å². The van der Waals surface area contributed by atoms with E-state index in [1.807, 2.05) is 60.7 Å². The molecule has 24 heavy (non-hydrogen) atoms. The van der Waals surface area contributed by atoms with Gasteiger partial charge >= 0.3 is 0 Å². The normalized spacial score (nSPS) is 20.6. The van der Waals surface area contributed by atoms with Crippen LogP contribution in [0.15, 0.2) is 60.7 Å². The van der Waals surface area contributed by atoms with Crippen molar-refractivity contribution in [2.75, 3.05) is 6.54 Å².